The summed E-state index contributed by atoms with van der Waals surface area (Å²) in [5.41, 5.74) is 1.99. The summed E-state index contributed by atoms with van der Waals surface area (Å²) in [6.07, 6.45) is 0.195. The molecule has 0 bridgehead atoms. The van der Waals surface area contributed by atoms with E-state index in [4.69, 9.17) is 9.47 Å². The van der Waals surface area contributed by atoms with Crippen molar-refractivity contribution in [3.8, 4) is 11.5 Å². The lowest BCUT2D eigenvalue weighted by Gasteiger charge is -2.25. The standard InChI is InChI=1S/C22H21NO5S2/c1-13-6-4-7-14(10-13)30(25,26)18-12-29-22-16(11-19(24)23-20(18)22)15-8-5-9-17(27-2)21(15)28-3/h4-10,12,16H,11H2,1-3H3,(H,23,24)/t16-/m0/s1. The number of hydrogen-bond donors (Lipinski definition) is 1. The molecule has 8 heteroatoms. The van der Waals surface area contributed by atoms with E-state index in [9.17, 15) is 13.2 Å². The number of aryl methyl sites for hydroxylation is 1. The number of rotatable bonds is 5. The van der Waals surface area contributed by atoms with E-state index >= 15 is 0 Å². The quantitative estimate of drug-likeness (QED) is 0.633. The fourth-order valence-corrected chi connectivity index (χ4v) is 6.75. The van der Waals surface area contributed by atoms with Crippen LogP contribution in [0.15, 0.2) is 57.6 Å². The van der Waals surface area contributed by atoms with Gasteiger partial charge in [0.1, 0.15) is 4.90 Å². The number of hydrogen-bond acceptors (Lipinski definition) is 6. The normalized spacial score (nSPS) is 16.0. The van der Waals surface area contributed by atoms with Crippen LogP contribution in [0.4, 0.5) is 5.69 Å². The highest BCUT2D eigenvalue weighted by molar-refractivity contribution is 7.91. The van der Waals surface area contributed by atoms with Gasteiger partial charge in [-0.05, 0) is 30.7 Å². The van der Waals surface area contributed by atoms with Gasteiger partial charge in [-0.3, -0.25) is 4.79 Å². The first-order chi connectivity index (χ1) is 14.4. The van der Waals surface area contributed by atoms with E-state index in [0.29, 0.717) is 17.2 Å². The lowest BCUT2D eigenvalue weighted by molar-refractivity contribution is -0.116. The Bertz CT molecular complexity index is 1230. The van der Waals surface area contributed by atoms with Crippen molar-refractivity contribution in [2.45, 2.75) is 29.1 Å². The molecule has 0 saturated carbocycles. The van der Waals surface area contributed by atoms with Crippen LogP contribution in [0.2, 0.25) is 0 Å². The highest BCUT2D eigenvalue weighted by Gasteiger charge is 2.36. The Balaban J connectivity index is 1.86. The summed E-state index contributed by atoms with van der Waals surface area (Å²) < 4.78 is 37.6. The molecule has 0 spiro atoms. The van der Waals surface area contributed by atoms with E-state index in [0.717, 1.165) is 16.0 Å². The number of methoxy groups -OCH3 is 2. The molecule has 1 N–H and O–H groups in total. The minimum atomic E-state index is -3.78. The number of nitrogens with one attached hydrogen (secondary N) is 1. The van der Waals surface area contributed by atoms with Gasteiger partial charge in [0.15, 0.2) is 11.5 Å². The van der Waals surface area contributed by atoms with Crippen LogP contribution in [0.5, 0.6) is 11.5 Å². The number of carbonyl (C=O) groups is 1. The van der Waals surface area contributed by atoms with Crippen LogP contribution in [-0.4, -0.2) is 28.5 Å². The molecule has 2 heterocycles. The predicted molar refractivity (Wildman–Crippen MR) is 116 cm³/mol. The van der Waals surface area contributed by atoms with E-state index < -0.39 is 9.84 Å². The van der Waals surface area contributed by atoms with Gasteiger partial charge < -0.3 is 14.8 Å². The fraction of sp³-hybridized carbons (Fsp3) is 0.227. The zero-order valence-electron chi connectivity index (χ0n) is 16.8. The Labute approximate surface area is 179 Å². The molecule has 2 aromatic carbocycles. The van der Waals surface area contributed by atoms with Gasteiger partial charge in [-0.2, -0.15) is 0 Å². The number of carbonyl (C=O) groups excluding carboxylic acids is 1. The molecule has 30 heavy (non-hydrogen) atoms. The molecule has 0 saturated heterocycles. The number of para-hydroxylation sites is 1. The topological polar surface area (TPSA) is 81.7 Å². The Morgan fingerprint density at radius 1 is 1.10 bits per heavy atom. The molecule has 4 rings (SSSR count). The van der Waals surface area contributed by atoms with Gasteiger partial charge >= 0.3 is 0 Å². The van der Waals surface area contributed by atoms with Crippen LogP contribution in [0.3, 0.4) is 0 Å². The van der Waals surface area contributed by atoms with Crippen molar-refractivity contribution < 1.29 is 22.7 Å². The number of anilines is 1. The minimum Gasteiger partial charge on any atom is -0.493 e. The van der Waals surface area contributed by atoms with Crippen LogP contribution in [-0.2, 0) is 14.6 Å². The second-order valence-electron chi connectivity index (χ2n) is 7.05. The zero-order chi connectivity index (χ0) is 21.5. The second kappa shape index (κ2) is 7.77. The first-order valence-corrected chi connectivity index (χ1v) is 11.7. The number of ether oxygens (including phenoxy) is 2. The smallest absolute Gasteiger partial charge is 0.225 e. The van der Waals surface area contributed by atoms with Gasteiger partial charge in [-0.15, -0.1) is 11.3 Å². The number of fused-ring (bicyclic) bond motifs is 1. The Hall–Kier alpha value is -2.84. The van der Waals surface area contributed by atoms with E-state index in [1.807, 2.05) is 25.1 Å². The highest BCUT2D eigenvalue weighted by Crippen LogP contribution is 2.49. The van der Waals surface area contributed by atoms with Crippen LogP contribution >= 0.6 is 11.3 Å². The maximum Gasteiger partial charge on any atom is 0.225 e. The van der Waals surface area contributed by atoms with Crippen LogP contribution < -0.4 is 14.8 Å². The summed E-state index contributed by atoms with van der Waals surface area (Å²) in [5.74, 6) is 0.538. The summed E-state index contributed by atoms with van der Waals surface area (Å²) in [6, 6.07) is 12.3. The summed E-state index contributed by atoms with van der Waals surface area (Å²) >= 11 is 1.33. The van der Waals surface area contributed by atoms with Crippen molar-refractivity contribution in [1.82, 2.24) is 0 Å². The van der Waals surface area contributed by atoms with E-state index in [-0.39, 0.29) is 28.0 Å². The monoisotopic (exact) mass is 443 g/mol. The van der Waals surface area contributed by atoms with Crippen LogP contribution in [0.25, 0.3) is 0 Å². The molecule has 0 fully saturated rings. The van der Waals surface area contributed by atoms with Crippen LogP contribution in [0, 0.1) is 6.92 Å². The first kappa shape index (κ1) is 20.4. The molecule has 156 valence electrons. The average molecular weight is 444 g/mol. The van der Waals surface area contributed by atoms with Gasteiger partial charge in [-0.1, -0.05) is 24.3 Å². The summed E-state index contributed by atoms with van der Waals surface area (Å²) in [7, 11) is -0.675. The molecule has 1 aliphatic heterocycles. The number of amides is 1. The van der Waals surface area contributed by atoms with E-state index in [2.05, 4.69) is 5.32 Å². The van der Waals surface area contributed by atoms with Crippen molar-refractivity contribution >= 4 is 32.8 Å². The molecule has 1 aromatic heterocycles. The molecule has 0 aliphatic carbocycles. The summed E-state index contributed by atoms with van der Waals surface area (Å²) in [6.45, 7) is 1.84. The molecule has 0 radical (unpaired) electrons. The van der Waals surface area contributed by atoms with Gasteiger partial charge in [0.2, 0.25) is 15.7 Å². The first-order valence-electron chi connectivity index (χ1n) is 9.30. The molecule has 1 aliphatic rings. The SMILES string of the molecule is COc1cccc([C@@H]2CC(=O)Nc3c(S(=O)(=O)c4cccc(C)c4)csc32)c1OC. The van der Waals surface area contributed by atoms with Gasteiger partial charge in [-0.25, -0.2) is 8.42 Å². The van der Waals surface area contributed by atoms with Crippen molar-refractivity contribution in [1.29, 1.82) is 0 Å². The third kappa shape index (κ3) is 3.36. The van der Waals surface area contributed by atoms with Crippen LogP contribution in [0.1, 0.15) is 28.3 Å². The Kier molecular flexibility index (Phi) is 5.29. The minimum absolute atomic E-state index is 0.119. The fourth-order valence-electron chi connectivity index (χ4n) is 3.75. The maximum atomic E-state index is 13.3. The van der Waals surface area contributed by atoms with E-state index in [1.165, 1.54) is 11.3 Å². The molecule has 0 unspecified atom stereocenters. The summed E-state index contributed by atoms with van der Waals surface area (Å²) in [5, 5.41) is 4.39. The number of thiophene rings is 1. The largest absolute Gasteiger partial charge is 0.493 e. The van der Waals surface area contributed by atoms with Crippen molar-refractivity contribution in [3.63, 3.8) is 0 Å². The van der Waals surface area contributed by atoms with Gasteiger partial charge in [0.05, 0.1) is 24.8 Å². The van der Waals surface area contributed by atoms with Gasteiger partial charge in [0, 0.05) is 28.2 Å². The highest BCUT2D eigenvalue weighted by atomic mass is 32.2. The third-order valence-corrected chi connectivity index (χ3v) is 8.18. The number of benzene rings is 2. The van der Waals surface area contributed by atoms with Crippen molar-refractivity contribution in [3.05, 3.63) is 63.8 Å². The lowest BCUT2D eigenvalue weighted by atomic mass is 9.89. The van der Waals surface area contributed by atoms with Crippen molar-refractivity contribution in [2.24, 2.45) is 0 Å². The zero-order valence-corrected chi connectivity index (χ0v) is 18.4. The molecule has 1 amide bonds. The van der Waals surface area contributed by atoms with E-state index in [1.54, 1.807) is 43.9 Å². The Morgan fingerprint density at radius 2 is 1.87 bits per heavy atom. The second-order valence-corrected chi connectivity index (χ2v) is 9.88. The molecule has 1 atom stereocenters. The number of sulfone groups is 1. The van der Waals surface area contributed by atoms with Gasteiger partial charge in [0.25, 0.3) is 0 Å². The predicted octanol–water partition coefficient (Wildman–Crippen LogP) is 4.38. The Morgan fingerprint density at radius 3 is 2.57 bits per heavy atom. The molecule has 3 aromatic rings. The summed E-state index contributed by atoms with van der Waals surface area (Å²) in [4.78, 5) is 13.7. The maximum absolute atomic E-state index is 13.3. The lowest BCUT2D eigenvalue weighted by Crippen LogP contribution is -2.23. The van der Waals surface area contributed by atoms with Crippen molar-refractivity contribution in [2.75, 3.05) is 19.5 Å². The molecular weight excluding hydrogens is 422 g/mol. The average Bonchev–Trinajstić information content (AvgIpc) is 3.17. The molecule has 6 nitrogen and oxygen atoms in total. The molecular formula is C22H21NO5S2. The third-order valence-electron chi connectivity index (χ3n) is 5.15.